The van der Waals surface area contributed by atoms with E-state index in [9.17, 15) is 9.59 Å². The van der Waals surface area contributed by atoms with Crippen LogP contribution in [0.15, 0.2) is 18.2 Å². The molecule has 1 aliphatic rings. The van der Waals surface area contributed by atoms with E-state index < -0.39 is 5.41 Å². The number of nitrogens with one attached hydrogen (secondary N) is 2. The standard InChI is InChI=1S/C16H22ClN3O3/c1-20(2)9-8-18-14(21)16(6-7-16)15(22)19-12-10-11(17)4-5-13(12)23-3/h4-5,10H,6-9H2,1-3H3,(H,18,21)(H,19,22). The van der Waals surface area contributed by atoms with Gasteiger partial charge in [-0.05, 0) is 45.1 Å². The maximum atomic E-state index is 12.5. The molecule has 0 radical (unpaired) electrons. The van der Waals surface area contributed by atoms with Crippen molar-refractivity contribution in [3.8, 4) is 5.75 Å². The number of benzene rings is 1. The van der Waals surface area contributed by atoms with Crippen molar-refractivity contribution in [3.63, 3.8) is 0 Å². The first-order valence-electron chi connectivity index (χ1n) is 7.47. The summed E-state index contributed by atoms with van der Waals surface area (Å²) in [5.74, 6) is -0.0372. The molecule has 0 heterocycles. The van der Waals surface area contributed by atoms with Crippen molar-refractivity contribution in [2.45, 2.75) is 12.8 Å². The Labute approximate surface area is 141 Å². The Morgan fingerprint density at radius 3 is 2.57 bits per heavy atom. The molecule has 7 heteroatoms. The first kappa shape index (κ1) is 17.6. The van der Waals surface area contributed by atoms with Crippen LogP contribution < -0.4 is 15.4 Å². The van der Waals surface area contributed by atoms with Gasteiger partial charge < -0.3 is 20.3 Å². The fourth-order valence-corrected chi connectivity index (χ4v) is 2.44. The van der Waals surface area contributed by atoms with Gasteiger partial charge in [0.15, 0.2) is 0 Å². The molecule has 0 unspecified atom stereocenters. The van der Waals surface area contributed by atoms with Crippen LogP contribution in [0.25, 0.3) is 0 Å². The van der Waals surface area contributed by atoms with Crippen LogP contribution in [-0.2, 0) is 9.59 Å². The summed E-state index contributed by atoms with van der Waals surface area (Å²) < 4.78 is 5.21. The number of carbonyl (C=O) groups is 2. The molecule has 0 saturated heterocycles. The molecule has 1 aromatic rings. The van der Waals surface area contributed by atoms with Gasteiger partial charge in [-0.2, -0.15) is 0 Å². The van der Waals surface area contributed by atoms with E-state index >= 15 is 0 Å². The molecular formula is C16H22ClN3O3. The van der Waals surface area contributed by atoms with Crippen molar-refractivity contribution in [1.29, 1.82) is 0 Å². The third-order valence-electron chi connectivity index (χ3n) is 3.87. The van der Waals surface area contributed by atoms with Crippen LogP contribution in [0.3, 0.4) is 0 Å². The van der Waals surface area contributed by atoms with Gasteiger partial charge >= 0.3 is 0 Å². The summed E-state index contributed by atoms with van der Waals surface area (Å²) in [5, 5.41) is 6.08. The zero-order valence-electron chi connectivity index (χ0n) is 13.6. The molecule has 1 saturated carbocycles. The lowest BCUT2D eigenvalue weighted by atomic mass is 10.0. The number of methoxy groups -OCH3 is 1. The molecule has 6 nitrogen and oxygen atoms in total. The summed E-state index contributed by atoms with van der Waals surface area (Å²) in [4.78, 5) is 26.8. The van der Waals surface area contributed by atoms with Crippen molar-refractivity contribution in [2.75, 3.05) is 39.6 Å². The topological polar surface area (TPSA) is 70.7 Å². The van der Waals surface area contributed by atoms with E-state index in [0.717, 1.165) is 6.54 Å². The van der Waals surface area contributed by atoms with Gasteiger partial charge in [0.1, 0.15) is 11.2 Å². The van der Waals surface area contributed by atoms with Crippen LogP contribution in [0.1, 0.15) is 12.8 Å². The number of halogens is 1. The Hall–Kier alpha value is -1.79. The monoisotopic (exact) mass is 339 g/mol. The maximum Gasteiger partial charge on any atom is 0.240 e. The molecule has 0 bridgehead atoms. The number of hydrogen-bond donors (Lipinski definition) is 2. The van der Waals surface area contributed by atoms with Crippen LogP contribution in [-0.4, -0.2) is 51.0 Å². The predicted molar refractivity (Wildman–Crippen MR) is 89.9 cm³/mol. The van der Waals surface area contributed by atoms with Gasteiger partial charge in [-0.25, -0.2) is 0 Å². The van der Waals surface area contributed by atoms with E-state index in [2.05, 4.69) is 10.6 Å². The Morgan fingerprint density at radius 2 is 2.00 bits per heavy atom. The van der Waals surface area contributed by atoms with E-state index in [1.165, 1.54) is 7.11 Å². The molecule has 1 aliphatic carbocycles. The van der Waals surface area contributed by atoms with Crippen LogP contribution in [0.4, 0.5) is 5.69 Å². The highest BCUT2D eigenvalue weighted by Crippen LogP contribution is 2.47. The van der Waals surface area contributed by atoms with Crippen molar-refractivity contribution < 1.29 is 14.3 Å². The van der Waals surface area contributed by atoms with E-state index in [1.54, 1.807) is 18.2 Å². The molecule has 0 spiro atoms. The highest BCUT2D eigenvalue weighted by Gasteiger charge is 2.56. The molecule has 1 fully saturated rings. The minimum atomic E-state index is -0.973. The van der Waals surface area contributed by atoms with E-state index in [4.69, 9.17) is 16.3 Å². The molecule has 23 heavy (non-hydrogen) atoms. The summed E-state index contributed by atoms with van der Waals surface area (Å²) in [6.45, 7) is 1.24. The van der Waals surface area contributed by atoms with Gasteiger partial charge in [0, 0.05) is 18.1 Å². The molecule has 0 atom stereocenters. The summed E-state index contributed by atoms with van der Waals surface area (Å²) >= 11 is 5.96. The van der Waals surface area contributed by atoms with Crippen LogP contribution in [0.5, 0.6) is 5.75 Å². The Balaban J connectivity index is 2.02. The number of nitrogens with zero attached hydrogens (tertiary/aromatic N) is 1. The molecule has 126 valence electrons. The molecule has 2 N–H and O–H groups in total. The largest absolute Gasteiger partial charge is 0.495 e. The molecule has 0 aliphatic heterocycles. The first-order chi connectivity index (χ1) is 10.9. The van der Waals surface area contributed by atoms with Gasteiger partial charge in [-0.15, -0.1) is 0 Å². The predicted octanol–water partition coefficient (Wildman–Crippen LogP) is 1.75. The normalized spacial score (nSPS) is 15.2. The quantitative estimate of drug-likeness (QED) is 0.742. The molecule has 2 amide bonds. The zero-order chi connectivity index (χ0) is 17.0. The smallest absolute Gasteiger partial charge is 0.240 e. The van der Waals surface area contributed by atoms with E-state index in [0.29, 0.717) is 35.8 Å². The van der Waals surface area contributed by atoms with Gasteiger partial charge in [0.25, 0.3) is 0 Å². The lowest BCUT2D eigenvalue weighted by Crippen LogP contribution is -2.42. The number of likely N-dealkylation sites (N-methyl/N-ethyl adjacent to an activating group) is 1. The summed E-state index contributed by atoms with van der Waals surface area (Å²) in [6, 6.07) is 4.96. The van der Waals surface area contributed by atoms with Crippen molar-refractivity contribution in [3.05, 3.63) is 23.2 Å². The van der Waals surface area contributed by atoms with Crippen molar-refractivity contribution >= 4 is 29.1 Å². The van der Waals surface area contributed by atoms with Gasteiger partial charge in [-0.3, -0.25) is 9.59 Å². The number of carbonyl (C=O) groups excluding carboxylic acids is 2. The van der Waals surface area contributed by atoms with Crippen molar-refractivity contribution in [2.24, 2.45) is 5.41 Å². The SMILES string of the molecule is COc1ccc(Cl)cc1NC(=O)C1(C(=O)NCCN(C)C)CC1. The fourth-order valence-electron chi connectivity index (χ4n) is 2.26. The van der Waals surface area contributed by atoms with Gasteiger partial charge in [-0.1, -0.05) is 11.6 Å². The van der Waals surface area contributed by atoms with Gasteiger partial charge in [0.05, 0.1) is 12.8 Å². The number of hydrogen-bond acceptors (Lipinski definition) is 4. The van der Waals surface area contributed by atoms with Gasteiger partial charge in [0.2, 0.25) is 11.8 Å². The second-order valence-electron chi connectivity index (χ2n) is 5.94. The summed E-state index contributed by atoms with van der Waals surface area (Å²) in [5.41, 5.74) is -0.503. The minimum absolute atomic E-state index is 0.224. The number of anilines is 1. The molecular weight excluding hydrogens is 318 g/mol. The molecule has 2 rings (SSSR count). The number of rotatable bonds is 7. The summed E-state index contributed by atoms with van der Waals surface area (Å²) in [7, 11) is 5.37. The zero-order valence-corrected chi connectivity index (χ0v) is 14.4. The minimum Gasteiger partial charge on any atom is -0.495 e. The second kappa shape index (κ2) is 7.19. The van der Waals surface area contributed by atoms with Crippen molar-refractivity contribution in [1.82, 2.24) is 10.2 Å². The highest BCUT2D eigenvalue weighted by molar-refractivity contribution is 6.31. The molecule has 0 aromatic heterocycles. The Bertz CT molecular complexity index is 600. The Morgan fingerprint density at radius 1 is 1.30 bits per heavy atom. The molecule has 1 aromatic carbocycles. The maximum absolute atomic E-state index is 12.5. The average molecular weight is 340 g/mol. The number of amides is 2. The lowest BCUT2D eigenvalue weighted by molar-refractivity contribution is -0.134. The average Bonchev–Trinajstić information content (AvgIpc) is 3.28. The second-order valence-corrected chi connectivity index (χ2v) is 6.38. The fraction of sp³-hybridized carbons (Fsp3) is 0.500. The van der Waals surface area contributed by atoms with E-state index in [1.807, 2.05) is 19.0 Å². The summed E-state index contributed by atoms with van der Waals surface area (Å²) in [6.07, 6.45) is 1.10. The van der Waals surface area contributed by atoms with Crippen LogP contribution in [0.2, 0.25) is 5.02 Å². The lowest BCUT2D eigenvalue weighted by Gasteiger charge is -2.18. The van der Waals surface area contributed by atoms with Crippen LogP contribution >= 0.6 is 11.6 Å². The van der Waals surface area contributed by atoms with Crippen LogP contribution in [0, 0.1) is 5.41 Å². The third kappa shape index (κ3) is 4.14. The first-order valence-corrected chi connectivity index (χ1v) is 7.85. The number of ether oxygens (including phenoxy) is 1. The Kier molecular flexibility index (Phi) is 5.49. The van der Waals surface area contributed by atoms with E-state index in [-0.39, 0.29) is 11.8 Å². The third-order valence-corrected chi connectivity index (χ3v) is 4.11. The highest BCUT2D eigenvalue weighted by atomic mass is 35.5.